The smallest absolute Gasteiger partial charge is 0.407 e. The van der Waals surface area contributed by atoms with E-state index in [2.05, 4.69) is 26.5 Å². The molecule has 1 aromatic carbocycles. The van der Waals surface area contributed by atoms with E-state index in [1.165, 1.54) is 13.5 Å². The molecule has 234 valence electrons. The number of rotatable bonds is 8. The first-order chi connectivity index (χ1) is 20.1. The van der Waals surface area contributed by atoms with Crippen molar-refractivity contribution in [3.05, 3.63) is 35.6 Å². The van der Waals surface area contributed by atoms with E-state index >= 15 is 0 Å². The van der Waals surface area contributed by atoms with Crippen LogP contribution in [0.4, 0.5) is 14.0 Å². The number of carbonyl (C=O) groups excluding carboxylic acids is 2. The van der Waals surface area contributed by atoms with Gasteiger partial charge in [-0.1, -0.05) is 18.6 Å². The second kappa shape index (κ2) is 13.1. The predicted molar refractivity (Wildman–Crippen MR) is 161 cm³/mol. The maximum absolute atomic E-state index is 14.9. The van der Waals surface area contributed by atoms with Gasteiger partial charge < -0.3 is 29.9 Å². The number of nitrogens with one attached hydrogen (secondary N) is 2. The highest BCUT2D eigenvalue weighted by molar-refractivity contribution is 5.68. The first kappa shape index (κ1) is 31.0. The van der Waals surface area contributed by atoms with Crippen LogP contribution in [0.25, 0.3) is 0 Å². The van der Waals surface area contributed by atoms with Crippen molar-refractivity contribution < 1.29 is 23.5 Å². The summed E-state index contributed by atoms with van der Waals surface area (Å²) < 4.78 is 25.4. The van der Waals surface area contributed by atoms with E-state index in [9.17, 15) is 14.0 Å². The van der Waals surface area contributed by atoms with Gasteiger partial charge in [-0.25, -0.2) is 14.0 Å². The first-order valence-electron chi connectivity index (χ1n) is 16.1. The standard InChI is InChI=1S/C33H51FN4O4/c1-32(2,3)42-31(40)35-26-12-13-27(21-26)38-18-14-23(15-19-38)33(22-37-16-7-17-37,24-8-5-9-25(34)20-24)28-10-6-11-29(28)36-30(39)41-4/h5,8-9,20,23,26-29H,6-7,10-19,21-22H2,1-4H3,(H,35,40)(H,36,39)/t26-,27?,28-,29-,33-/m0/s1. The normalized spacial score (nSPS) is 29.0. The molecule has 2 amide bonds. The lowest BCUT2D eigenvalue weighted by molar-refractivity contribution is 0.0177. The lowest BCUT2D eigenvalue weighted by atomic mass is 9.57. The fourth-order valence-corrected chi connectivity index (χ4v) is 8.41. The molecule has 0 spiro atoms. The van der Waals surface area contributed by atoms with Crippen LogP contribution < -0.4 is 10.6 Å². The summed E-state index contributed by atoms with van der Waals surface area (Å²) >= 11 is 0. The van der Waals surface area contributed by atoms with E-state index < -0.39 is 5.60 Å². The highest BCUT2D eigenvalue weighted by Gasteiger charge is 2.53. The zero-order valence-corrected chi connectivity index (χ0v) is 26.0. The van der Waals surface area contributed by atoms with Crippen molar-refractivity contribution in [2.24, 2.45) is 11.8 Å². The number of hydrogen-bond acceptors (Lipinski definition) is 6. The number of methoxy groups -OCH3 is 1. The number of nitrogens with zero attached hydrogens (tertiary/aromatic N) is 2. The molecule has 9 heteroatoms. The minimum absolute atomic E-state index is 0.00884. The molecular weight excluding hydrogens is 535 g/mol. The number of benzene rings is 1. The van der Waals surface area contributed by atoms with E-state index in [1.807, 2.05) is 26.8 Å². The number of hydrogen-bond donors (Lipinski definition) is 2. The Balaban J connectivity index is 1.34. The third-order valence-corrected chi connectivity index (χ3v) is 10.4. The van der Waals surface area contributed by atoms with Crippen molar-refractivity contribution in [3.63, 3.8) is 0 Å². The SMILES string of the molecule is COC(=O)N[C@H]1CCC[C@@H]1[C@](CN1CCC1)(c1cccc(F)c1)C1CCN(C2CC[C@H](NC(=O)OC(C)(C)C)C2)CC1. The Labute approximate surface area is 251 Å². The van der Waals surface area contributed by atoms with Crippen LogP contribution in [0.2, 0.25) is 0 Å². The number of halogens is 1. The second-order valence-corrected chi connectivity index (χ2v) is 14.1. The highest BCUT2D eigenvalue weighted by atomic mass is 19.1. The third kappa shape index (κ3) is 7.04. The van der Waals surface area contributed by atoms with Crippen LogP contribution in [0.3, 0.4) is 0 Å². The fraction of sp³-hybridized carbons (Fsp3) is 0.758. The monoisotopic (exact) mass is 586 g/mol. The first-order valence-corrected chi connectivity index (χ1v) is 16.1. The number of ether oxygens (including phenoxy) is 2. The van der Waals surface area contributed by atoms with Crippen LogP contribution in [0.1, 0.15) is 84.1 Å². The van der Waals surface area contributed by atoms with Gasteiger partial charge in [0, 0.05) is 30.1 Å². The minimum Gasteiger partial charge on any atom is -0.453 e. The van der Waals surface area contributed by atoms with Gasteiger partial charge in [-0.15, -0.1) is 0 Å². The Kier molecular flexibility index (Phi) is 9.67. The largest absolute Gasteiger partial charge is 0.453 e. The van der Waals surface area contributed by atoms with Crippen molar-refractivity contribution >= 4 is 12.2 Å². The quantitative estimate of drug-likeness (QED) is 0.422. The predicted octanol–water partition coefficient (Wildman–Crippen LogP) is 5.45. The van der Waals surface area contributed by atoms with Gasteiger partial charge in [-0.3, -0.25) is 0 Å². The molecular formula is C33H51FN4O4. The van der Waals surface area contributed by atoms with E-state index in [-0.39, 0.29) is 41.4 Å². The minimum atomic E-state index is -0.501. The summed E-state index contributed by atoms with van der Waals surface area (Å²) in [4.78, 5) is 29.9. The number of likely N-dealkylation sites (tertiary alicyclic amines) is 2. The molecule has 2 saturated carbocycles. The Morgan fingerprint density at radius 1 is 0.952 bits per heavy atom. The van der Waals surface area contributed by atoms with Crippen LogP contribution >= 0.6 is 0 Å². The van der Waals surface area contributed by atoms with E-state index in [0.717, 1.165) is 89.7 Å². The molecule has 42 heavy (non-hydrogen) atoms. The van der Waals surface area contributed by atoms with Gasteiger partial charge in [-0.05, 0) is 128 Å². The van der Waals surface area contributed by atoms with Crippen molar-refractivity contribution in [1.82, 2.24) is 20.4 Å². The average molecular weight is 587 g/mol. The van der Waals surface area contributed by atoms with E-state index in [4.69, 9.17) is 9.47 Å². The lowest BCUT2D eigenvalue weighted by Gasteiger charge is -2.54. The molecule has 4 aliphatic rings. The van der Waals surface area contributed by atoms with E-state index in [1.54, 1.807) is 12.1 Å². The van der Waals surface area contributed by atoms with Crippen LogP contribution in [-0.4, -0.2) is 85.5 Å². The number of amides is 2. The molecule has 5 rings (SSSR count). The summed E-state index contributed by atoms with van der Waals surface area (Å²) in [6.45, 7) is 10.7. The van der Waals surface area contributed by atoms with Gasteiger partial charge in [0.2, 0.25) is 0 Å². The average Bonchev–Trinajstić information content (AvgIpc) is 3.57. The van der Waals surface area contributed by atoms with Crippen LogP contribution in [0.5, 0.6) is 0 Å². The summed E-state index contributed by atoms with van der Waals surface area (Å²) in [5.74, 6) is 0.394. The Bertz CT molecular complexity index is 1080. The fourth-order valence-electron chi connectivity index (χ4n) is 8.41. The molecule has 8 nitrogen and oxygen atoms in total. The van der Waals surface area contributed by atoms with Crippen molar-refractivity contribution in [1.29, 1.82) is 0 Å². The Morgan fingerprint density at radius 3 is 2.36 bits per heavy atom. The maximum atomic E-state index is 14.9. The zero-order valence-electron chi connectivity index (χ0n) is 26.0. The molecule has 4 fully saturated rings. The van der Waals surface area contributed by atoms with Crippen LogP contribution in [0.15, 0.2) is 24.3 Å². The molecule has 2 N–H and O–H groups in total. The van der Waals surface area contributed by atoms with Gasteiger partial charge in [0.15, 0.2) is 0 Å². The Morgan fingerprint density at radius 2 is 1.71 bits per heavy atom. The van der Waals surface area contributed by atoms with Crippen LogP contribution in [0, 0.1) is 17.7 Å². The summed E-state index contributed by atoms with van der Waals surface area (Å²) in [5, 5.41) is 6.26. The van der Waals surface area contributed by atoms with Crippen molar-refractivity contribution in [3.8, 4) is 0 Å². The molecule has 0 bridgehead atoms. The summed E-state index contributed by atoms with van der Waals surface area (Å²) in [6, 6.07) is 7.90. The number of carbonyl (C=O) groups is 2. The molecule has 2 aliphatic heterocycles. The van der Waals surface area contributed by atoms with Gasteiger partial charge >= 0.3 is 12.2 Å². The number of piperidine rings is 1. The van der Waals surface area contributed by atoms with Gasteiger partial charge in [0.05, 0.1) is 7.11 Å². The summed E-state index contributed by atoms with van der Waals surface area (Å²) in [7, 11) is 1.42. The summed E-state index contributed by atoms with van der Waals surface area (Å²) in [6.07, 6.45) is 8.52. The van der Waals surface area contributed by atoms with Crippen molar-refractivity contribution in [2.75, 3.05) is 39.8 Å². The molecule has 2 heterocycles. The molecule has 0 aromatic heterocycles. The topological polar surface area (TPSA) is 83.1 Å². The molecule has 2 saturated heterocycles. The highest BCUT2D eigenvalue weighted by Crippen LogP contribution is 2.51. The molecule has 0 radical (unpaired) electrons. The zero-order chi connectivity index (χ0) is 29.9. The lowest BCUT2D eigenvalue weighted by Crippen LogP contribution is -2.59. The van der Waals surface area contributed by atoms with Gasteiger partial charge in [0.25, 0.3) is 0 Å². The maximum Gasteiger partial charge on any atom is 0.407 e. The molecule has 1 unspecified atom stereocenters. The molecule has 1 aromatic rings. The third-order valence-electron chi connectivity index (χ3n) is 10.4. The molecule has 2 aliphatic carbocycles. The summed E-state index contributed by atoms with van der Waals surface area (Å²) in [5.41, 5.74) is 0.325. The Hall–Kier alpha value is -2.39. The molecule has 5 atom stereocenters. The number of alkyl carbamates (subject to hydrolysis) is 2. The second-order valence-electron chi connectivity index (χ2n) is 14.1. The van der Waals surface area contributed by atoms with Gasteiger partial charge in [-0.2, -0.15) is 0 Å². The van der Waals surface area contributed by atoms with Crippen LogP contribution in [-0.2, 0) is 14.9 Å². The van der Waals surface area contributed by atoms with E-state index in [0.29, 0.717) is 12.0 Å². The van der Waals surface area contributed by atoms with Crippen molar-refractivity contribution in [2.45, 2.75) is 108 Å². The van der Waals surface area contributed by atoms with Gasteiger partial charge in [0.1, 0.15) is 11.4 Å².